The Morgan fingerprint density at radius 2 is 2.29 bits per heavy atom. The number of aromatic nitrogens is 2. The first-order chi connectivity index (χ1) is 9.95. The lowest BCUT2D eigenvalue weighted by atomic mass is 9.92. The Bertz CT molecular complexity index is 678. The number of rotatable bonds is 4. The van der Waals surface area contributed by atoms with Crippen molar-refractivity contribution in [1.82, 2.24) is 9.55 Å². The summed E-state index contributed by atoms with van der Waals surface area (Å²) in [6.07, 6.45) is -2.49. The summed E-state index contributed by atoms with van der Waals surface area (Å²) in [5.41, 5.74) is 5.77. The maximum absolute atomic E-state index is 11.7. The zero-order valence-electron chi connectivity index (χ0n) is 11.2. The van der Waals surface area contributed by atoms with Crippen molar-refractivity contribution >= 4 is 0 Å². The summed E-state index contributed by atoms with van der Waals surface area (Å²) < 4.78 is 6.58. The number of azide groups is 1. The Labute approximate surface area is 118 Å². The van der Waals surface area contributed by atoms with E-state index in [9.17, 15) is 19.8 Å². The average Bonchev–Trinajstić information content (AvgIpc) is 2.71. The molecule has 0 spiro atoms. The van der Waals surface area contributed by atoms with Crippen LogP contribution in [0.1, 0.15) is 19.6 Å². The molecule has 10 nitrogen and oxygen atoms in total. The van der Waals surface area contributed by atoms with E-state index in [0.717, 1.165) is 10.6 Å². The van der Waals surface area contributed by atoms with Gasteiger partial charge in [0.05, 0.1) is 6.54 Å². The molecule has 114 valence electrons. The molecule has 0 aliphatic carbocycles. The van der Waals surface area contributed by atoms with Crippen LogP contribution in [-0.4, -0.2) is 44.1 Å². The number of ether oxygens (including phenoxy) is 1. The lowest BCUT2D eigenvalue weighted by Crippen LogP contribution is -2.45. The summed E-state index contributed by atoms with van der Waals surface area (Å²) in [6.45, 7) is 1.51. The fourth-order valence-corrected chi connectivity index (χ4v) is 2.38. The number of nitrogens with zero attached hydrogens (tertiary/aromatic N) is 4. The molecular formula is C11H15N5O5. The highest BCUT2D eigenvalue weighted by molar-refractivity contribution is 5.02. The third kappa shape index (κ3) is 2.57. The summed E-state index contributed by atoms with van der Waals surface area (Å²) in [6, 6.07) is 1.10. The van der Waals surface area contributed by atoms with Crippen molar-refractivity contribution < 1.29 is 14.9 Å². The van der Waals surface area contributed by atoms with Crippen LogP contribution < -0.4 is 11.2 Å². The molecule has 0 aromatic carbocycles. The molecule has 10 heteroatoms. The van der Waals surface area contributed by atoms with Gasteiger partial charge in [0, 0.05) is 17.2 Å². The van der Waals surface area contributed by atoms with Gasteiger partial charge in [-0.25, -0.2) is 4.79 Å². The zero-order chi connectivity index (χ0) is 15.6. The van der Waals surface area contributed by atoms with Crippen molar-refractivity contribution in [2.45, 2.75) is 37.4 Å². The summed E-state index contributed by atoms with van der Waals surface area (Å²) in [7, 11) is 0. The minimum atomic E-state index is -1.40. The standard InChI is InChI=1S/C11H15N5O5/c1-2-11(5-13-15-12)8(19)7(18)9(21-11)16-4-3-6(17)14-10(16)20/h3-4,7-9,18-19H,2,5H2,1H3,(H,14,17,20)/t7?,8-,9-,11+/m1/s1. The molecule has 4 atom stereocenters. The smallest absolute Gasteiger partial charge is 0.330 e. The SMILES string of the molecule is CC[C@@]1(CN=[N+]=[N-])O[C@@H](n2ccc(=O)[nH]c2=O)C(O)[C@H]1O. The van der Waals surface area contributed by atoms with E-state index in [0.29, 0.717) is 0 Å². The topological polar surface area (TPSA) is 153 Å². The van der Waals surface area contributed by atoms with E-state index in [1.165, 1.54) is 6.20 Å². The van der Waals surface area contributed by atoms with Gasteiger partial charge in [0.2, 0.25) is 0 Å². The van der Waals surface area contributed by atoms with Crippen LogP contribution in [0.2, 0.25) is 0 Å². The van der Waals surface area contributed by atoms with Gasteiger partial charge in [-0.05, 0) is 12.0 Å². The number of aliphatic hydroxyl groups is 2. The Morgan fingerprint density at radius 1 is 1.57 bits per heavy atom. The Morgan fingerprint density at radius 3 is 2.86 bits per heavy atom. The molecule has 1 fully saturated rings. The van der Waals surface area contributed by atoms with Crippen molar-refractivity contribution in [2.75, 3.05) is 6.54 Å². The Hall–Kier alpha value is -2.13. The molecule has 2 rings (SSSR count). The first kappa shape index (κ1) is 15.3. The van der Waals surface area contributed by atoms with Crippen molar-refractivity contribution in [2.24, 2.45) is 5.11 Å². The third-order valence-corrected chi connectivity index (χ3v) is 3.64. The Kier molecular flexibility index (Phi) is 4.14. The lowest BCUT2D eigenvalue weighted by Gasteiger charge is -2.28. The predicted octanol–water partition coefficient (Wildman–Crippen LogP) is -0.754. The molecule has 1 aromatic rings. The maximum Gasteiger partial charge on any atom is 0.330 e. The van der Waals surface area contributed by atoms with Crippen LogP contribution in [0, 0.1) is 0 Å². The van der Waals surface area contributed by atoms with Gasteiger partial charge in [0.25, 0.3) is 5.56 Å². The van der Waals surface area contributed by atoms with Crippen LogP contribution in [0.4, 0.5) is 0 Å². The van der Waals surface area contributed by atoms with Gasteiger partial charge < -0.3 is 14.9 Å². The maximum atomic E-state index is 11.7. The Balaban J connectivity index is 2.41. The highest BCUT2D eigenvalue weighted by atomic mass is 16.6. The summed E-state index contributed by atoms with van der Waals surface area (Å²) in [4.78, 5) is 27.4. The van der Waals surface area contributed by atoms with E-state index in [2.05, 4.69) is 10.0 Å². The molecule has 0 saturated carbocycles. The summed E-state index contributed by atoms with van der Waals surface area (Å²) >= 11 is 0. The molecule has 0 amide bonds. The van der Waals surface area contributed by atoms with E-state index >= 15 is 0 Å². The molecule has 0 bridgehead atoms. The largest absolute Gasteiger partial charge is 0.387 e. The predicted molar refractivity (Wildman–Crippen MR) is 70.5 cm³/mol. The number of nitrogens with one attached hydrogen (secondary N) is 1. The average molecular weight is 297 g/mol. The van der Waals surface area contributed by atoms with Gasteiger partial charge >= 0.3 is 5.69 Å². The summed E-state index contributed by atoms with van der Waals surface area (Å²) in [5.74, 6) is 0. The molecule has 1 saturated heterocycles. The fraction of sp³-hybridized carbons (Fsp3) is 0.636. The molecule has 1 aliphatic rings. The third-order valence-electron chi connectivity index (χ3n) is 3.64. The highest BCUT2D eigenvalue weighted by Crippen LogP contribution is 2.39. The van der Waals surface area contributed by atoms with Gasteiger partial charge in [-0.3, -0.25) is 14.3 Å². The monoisotopic (exact) mass is 297 g/mol. The minimum absolute atomic E-state index is 0.188. The van der Waals surface area contributed by atoms with Crippen molar-refractivity contribution in [1.29, 1.82) is 0 Å². The summed E-state index contributed by atoms with van der Waals surface area (Å²) in [5, 5.41) is 23.7. The number of aliphatic hydroxyl groups excluding tert-OH is 2. The van der Waals surface area contributed by atoms with Crippen molar-refractivity contribution in [3.63, 3.8) is 0 Å². The molecule has 1 aliphatic heterocycles. The van der Waals surface area contributed by atoms with Crippen molar-refractivity contribution in [3.8, 4) is 0 Å². The van der Waals surface area contributed by atoms with Gasteiger partial charge in [-0.1, -0.05) is 12.0 Å². The van der Waals surface area contributed by atoms with E-state index in [1.54, 1.807) is 6.92 Å². The van der Waals surface area contributed by atoms with Gasteiger partial charge in [-0.15, -0.1) is 0 Å². The van der Waals surface area contributed by atoms with Crippen LogP contribution in [-0.2, 0) is 4.74 Å². The van der Waals surface area contributed by atoms with Gasteiger partial charge in [0.15, 0.2) is 6.23 Å². The number of hydrogen-bond acceptors (Lipinski definition) is 6. The number of aromatic amines is 1. The lowest BCUT2D eigenvalue weighted by molar-refractivity contribution is -0.101. The molecular weight excluding hydrogens is 282 g/mol. The van der Waals surface area contributed by atoms with Crippen LogP contribution in [0.15, 0.2) is 27.0 Å². The van der Waals surface area contributed by atoms with Crippen LogP contribution >= 0.6 is 0 Å². The van der Waals surface area contributed by atoms with Crippen LogP contribution in [0.3, 0.4) is 0 Å². The first-order valence-electron chi connectivity index (χ1n) is 6.31. The van der Waals surface area contributed by atoms with E-state index in [4.69, 9.17) is 10.3 Å². The first-order valence-corrected chi connectivity index (χ1v) is 6.31. The molecule has 21 heavy (non-hydrogen) atoms. The molecule has 3 N–H and O–H groups in total. The van der Waals surface area contributed by atoms with E-state index in [1.807, 2.05) is 4.98 Å². The fourth-order valence-electron chi connectivity index (χ4n) is 2.38. The van der Waals surface area contributed by atoms with E-state index in [-0.39, 0.29) is 13.0 Å². The molecule has 2 heterocycles. The van der Waals surface area contributed by atoms with Crippen LogP contribution in [0.5, 0.6) is 0 Å². The molecule has 1 aromatic heterocycles. The normalized spacial score (nSPS) is 31.9. The molecule has 0 radical (unpaired) electrons. The van der Waals surface area contributed by atoms with Gasteiger partial charge in [0.1, 0.15) is 17.8 Å². The quantitative estimate of drug-likeness (QED) is 0.379. The van der Waals surface area contributed by atoms with E-state index < -0.39 is 35.3 Å². The second-order valence-corrected chi connectivity index (χ2v) is 4.77. The number of H-pyrrole nitrogens is 1. The molecule has 1 unspecified atom stereocenters. The second kappa shape index (κ2) is 5.70. The van der Waals surface area contributed by atoms with Gasteiger partial charge in [-0.2, -0.15) is 0 Å². The minimum Gasteiger partial charge on any atom is -0.387 e. The zero-order valence-corrected chi connectivity index (χ0v) is 11.2. The second-order valence-electron chi connectivity index (χ2n) is 4.77. The highest BCUT2D eigenvalue weighted by Gasteiger charge is 2.53. The van der Waals surface area contributed by atoms with Crippen LogP contribution in [0.25, 0.3) is 10.4 Å². The number of hydrogen-bond donors (Lipinski definition) is 3. The van der Waals surface area contributed by atoms with Crippen molar-refractivity contribution in [3.05, 3.63) is 43.5 Å².